The number of benzene rings is 2. The third-order valence-electron chi connectivity index (χ3n) is 4.71. The van der Waals surface area contributed by atoms with Crippen molar-refractivity contribution in [1.82, 2.24) is 9.55 Å². The first-order valence-electron chi connectivity index (χ1n) is 8.77. The second kappa shape index (κ2) is 6.42. The molecule has 0 bridgehead atoms. The number of aromatic nitrogens is 2. The summed E-state index contributed by atoms with van der Waals surface area (Å²) in [5, 5.41) is 1.23. The molecule has 5 rings (SSSR count). The van der Waals surface area contributed by atoms with Gasteiger partial charge in [-0.25, -0.2) is 4.98 Å². The zero-order chi connectivity index (χ0) is 18.4. The molecule has 1 aromatic heterocycles. The molecule has 0 saturated heterocycles. The van der Waals surface area contributed by atoms with Crippen molar-refractivity contribution in [2.24, 2.45) is 0 Å². The number of carbonyl (C=O) groups is 1. The Balaban J connectivity index is 1.43. The molecule has 0 unspecified atom stereocenters. The number of carbonyl (C=O) groups excluding carboxylic acids is 1. The predicted octanol–water partition coefficient (Wildman–Crippen LogP) is 3.44. The fourth-order valence-corrected chi connectivity index (χ4v) is 4.13. The minimum absolute atomic E-state index is 0.0267. The van der Waals surface area contributed by atoms with E-state index in [1.165, 1.54) is 11.8 Å². The Morgan fingerprint density at radius 2 is 1.96 bits per heavy atom. The SMILES string of the molecule is O=C(CSc1nc2ccccc2c(=O)n1C1CC1)c1ccc2c(c1)OCO2. The van der Waals surface area contributed by atoms with E-state index in [0.29, 0.717) is 33.1 Å². The largest absolute Gasteiger partial charge is 0.454 e. The molecule has 0 atom stereocenters. The Hall–Kier alpha value is -2.80. The van der Waals surface area contributed by atoms with Gasteiger partial charge in [0, 0.05) is 11.6 Å². The summed E-state index contributed by atoms with van der Waals surface area (Å²) in [6.45, 7) is 0.177. The van der Waals surface area contributed by atoms with Crippen molar-refractivity contribution >= 4 is 28.4 Å². The van der Waals surface area contributed by atoms with Crippen LogP contribution in [0.5, 0.6) is 11.5 Å². The molecule has 1 saturated carbocycles. The molecule has 27 heavy (non-hydrogen) atoms. The first-order valence-corrected chi connectivity index (χ1v) is 9.76. The lowest BCUT2D eigenvalue weighted by atomic mass is 10.1. The van der Waals surface area contributed by atoms with Crippen molar-refractivity contribution in [3.8, 4) is 11.5 Å². The Bertz CT molecular complexity index is 1120. The maximum absolute atomic E-state index is 12.9. The van der Waals surface area contributed by atoms with Gasteiger partial charge in [0.15, 0.2) is 22.4 Å². The monoisotopic (exact) mass is 380 g/mol. The molecule has 2 heterocycles. The number of Topliss-reactive ketones (excluding diaryl/α,β-unsaturated/α-hetero) is 1. The van der Waals surface area contributed by atoms with Gasteiger partial charge in [0.05, 0.1) is 16.7 Å². The molecule has 7 heteroatoms. The lowest BCUT2D eigenvalue weighted by Crippen LogP contribution is -2.22. The number of nitrogens with zero attached hydrogens (tertiary/aromatic N) is 2. The average Bonchev–Trinajstić information content (AvgIpc) is 3.41. The van der Waals surface area contributed by atoms with Crippen LogP contribution < -0.4 is 15.0 Å². The molecule has 0 amide bonds. The number of hydrogen-bond donors (Lipinski definition) is 0. The van der Waals surface area contributed by atoms with Crippen LogP contribution in [-0.2, 0) is 0 Å². The molecule has 1 fully saturated rings. The molecule has 6 nitrogen and oxygen atoms in total. The molecule has 136 valence electrons. The van der Waals surface area contributed by atoms with Crippen LogP contribution in [0.15, 0.2) is 52.4 Å². The van der Waals surface area contributed by atoms with Crippen molar-refractivity contribution in [2.75, 3.05) is 12.5 Å². The highest BCUT2D eigenvalue weighted by molar-refractivity contribution is 7.99. The molecule has 0 N–H and O–H groups in total. The van der Waals surface area contributed by atoms with Crippen molar-refractivity contribution < 1.29 is 14.3 Å². The molecule has 1 aliphatic heterocycles. The van der Waals surface area contributed by atoms with Crippen LogP contribution >= 0.6 is 11.8 Å². The number of rotatable bonds is 5. The molecular weight excluding hydrogens is 364 g/mol. The second-order valence-corrected chi connectivity index (χ2v) is 7.54. The summed E-state index contributed by atoms with van der Waals surface area (Å²) in [6.07, 6.45) is 1.95. The Morgan fingerprint density at radius 1 is 1.15 bits per heavy atom. The normalized spacial score (nSPS) is 15.3. The van der Waals surface area contributed by atoms with E-state index in [-0.39, 0.29) is 29.9 Å². The van der Waals surface area contributed by atoms with Crippen molar-refractivity contribution in [2.45, 2.75) is 24.0 Å². The van der Waals surface area contributed by atoms with E-state index in [1.54, 1.807) is 28.8 Å². The molecular formula is C20H16N2O4S. The minimum atomic E-state index is -0.0388. The van der Waals surface area contributed by atoms with Gasteiger partial charge in [-0.2, -0.15) is 0 Å². The van der Waals surface area contributed by atoms with E-state index in [4.69, 9.17) is 9.47 Å². The number of ether oxygens (including phenoxy) is 2. The van der Waals surface area contributed by atoms with Crippen LogP contribution in [0.25, 0.3) is 10.9 Å². The Kier molecular flexibility index (Phi) is 3.89. The van der Waals surface area contributed by atoms with Gasteiger partial charge in [-0.15, -0.1) is 0 Å². The summed E-state index contributed by atoms with van der Waals surface area (Å²) < 4.78 is 12.4. The van der Waals surface area contributed by atoms with E-state index < -0.39 is 0 Å². The number of thioether (sulfide) groups is 1. The highest BCUT2D eigenvalue weighted by Crippen LogP contribution is 2.37. The fourth-order valence-electron chi connectivity index (χ4n) is 3.17. The van der Waals surface area contributed by atoms with Crippen LogP contribution in [0.3, 0.4) is 0 Å². The van der Waals surface area contributed by atoms with E-state index >= 15 is 0 Å². The Labute approximate surface area is 159 Å². The summed E-state index contributed by atoms with van der Waals surface area (Å²) in [7, 11) is 0. The first-order chi connectivity index (χ1) is 13.2. The zero-order valence-electron chi connectivity index (χ0n) is 14.4. The van der Waals surface area contributed by atoms with Crippen LogP contribution in [0.1, 0.15) is 29.2 Å². The molecule has 3 aromatic rings. The van der Waals surface area contributed by atoms with E-state index in [9.17, 15) is 9.59 Å². The summed E-state index contributed by atoms with van der Waals surface area (Å²) in [5.74, 6) is 1.41. The molecule has 0 radical (unpaired) electrons. The van der Waals surface area contributed by atoms with Gasteiger partial charge < -0.3 is 9.47 Å². The van der Waals surface area contributed by atoms with E-state index in [0.717, 1.165) is 12.8 Å². The average molecular weight is 380 g/mol. The van der Waals surface area contributed by atoms with Crippen LogP contribution in [-0.4, -0.2) is 27.9 Å². The first kappa shape index (κ1) is 16.4. The highest BCUT2D eigenvalue weighted by atomic mass is 32.2. The maximum atomic E-state index is 12.9. The lowest BCUT2D eigenvalue weighted by Gasteiger charge is -2.12. The number of para-hydroxylation sites is 1. The lowest BCUT2D eigenvalue weighted by molar-refractivity contribution is 0.102. The van der Waals surface area contributed by atoms with Crippen molar-refractivity contribution in [1.29, 1.82) is 0 Å². The van der Waals surface area contributed by atoms with Crippen molar-refractivity contribution in [3.63, 3.8) is 0 Å². The smallest absolute Gasteiger partial charge is 0.262 e. The van der Waals surface area contributed by atoms with E-state index in [2.05, 4.69) is 4.98 Å². The Morgan fingerprint density at radius 3 is 2.81 bits per heavy atom. The number of fused-ring (bicyclic) bond motifs is 2. The third-order valence-corrected chi connectivity index (χ3v) is 5.67. The summed E-state index contributed by atoms with van der Waals surface area (Å²) >= 11 is 1.31. The minimum Gasteiger partial charge on any atom is -0.454 e. The van der Waals surface area contributed by atoms with Gasteiger partial charge in [0.1, 0.15) is 0 Å². The van der Waals surface area contributed by atoms with E-state index in [1.807, 2.05) is 18.2 Å². The predicted molar refractivity (Wildman–Crippen MR) is 102 cm³/mol. The van der Waals surface area contributed by atoms with Crippen LogP contribution in [0.2, 0.25) is 0 Å². The van der Waals surface area contributed by atoms with Gasteiger partial charge in [-0.1, -0.05) is 23.9 Å². The molecule has 2 aromatic carbocycles. The molecule has 1 aliphatic carbocycles. The quantitative estimate of drug-likeness (QED) is 0.384. The fraction of sp³-hybridized carbons (Fsp3) is 0.250. The molecule has 0 spiro atoms. The maximum Gasteiger partial charge on any atom is 0.262 e. The number of ketones is 1. The summed E-state index contributed by atoms with van der Waals surface area (Å²) in [6, 6.07) is 12.7. The summed E-state index contributed by atoms with van der Waals surface area (Å²) in [4.78, 5) is 30.1. The zero-order valence-corrected chi connectivity index (χ0v) is 15.2. The van der Waals surface area contributed by atoms with Gasteiger partial charge >= 0.3 is 0 Å². The topological polar surface area (TPSA) is 70.4 Å². The van der Waals surface area contributed by atoms with Crippen molar-refractivity contribution in [3.05, 3.63) is 58.4 Å². The van der Waals surface area contributed by atoms with Crippen LogP contribution in [0.4, 0.5) is 0 Å². The second-order valence-electron chi connectivity index (χ2n) is 6.60. The van der Waals surface area contributed by atoms with Gasteiger partial charge in [0.25, 0.3) is 5.56 Å². The number of hydrogen-bond acceptors (Lipinski definition) is 6. The standard InChI is InChI=1S/C20H16N2O4S/c23-16(12-5-8-17-18(9-12)26-11-25-17)10-27-20-21-15-4-2-1-3-14(15)19(24)22(20)13-6-7-13/h1-5,8-9,13H,6-7,10-11H2. The van der Waals surface area contributed by atoms with Gasteiger partial charge in [-0.05, 0) is 43.2 Å². The summed E-state index contributed by atoms with van der Waals surface area (Å²) in [5.41, 5.74) is 1.20. The third kappa shape index (κ3) is 2.98. The highest BCUT2D eigenvalue weighted by Gasteiger charge is 2.29. The van der Waals surface area contributed by atoms with Gasteiger partial charge in [-0.3, -0.25) is 14.2 Å². The van der Waals surface area contributed by atoms with Crippen LogP contribution in [0, 0.1) is 0 Å². The molecule has 2 aliphatic rings. The van der Waals surface area contributed by atoms with Gasteiger partial charge in [0.2, 0.25) is 6.79 Å².